The van der Waals surface area contributed by atoms with E-state index >= 15 is 0 Å². The average Bonchev–Trinajstić information content (AvgIpc) is 2.46. The zero-order valence-electron chi connectivity index (χ0n) is 10.6. The van der Waals surface area contributed by atoms with Crippen LogP contribution in [0.2, 0.25) is 10.0 Å². The van der Waals surface area contributed by atoms with Crippen molar-refractivity contribution in [2.45, 2.75) is 5.92 Å². The molecule has 0 fully saturated rings. The van der Waals surface area contributed by atoms with E-state index in [-0.39, 0.29) is 15.7 Å². The van der Waals surface area contributed by atoms with Gasteiger partial charge in [-0.15, -0.1) is 0 Å². The molecule has 1 unspecified atom stereocenters. The summed E-state index contributed by atoms with van der Waals surface area (Å²) in [5.41, 5.74) is 0.796. The van der Waals surface area contributed by atoms with Crippen molar-refractivity contribution in [1.29, 1.82) is 5.26 Å². The molecule has 0 aliphatic heterocycles. The highest BCUT2D eigenvalue weighted by Gasteiger charge is 2.20. The van der Waals surface area contributed by atoms with Crippen LogP contribution in [0.3, 0.4) is 0 Å². The average molecular weight is 323 g/mol. The van der Waals surface area contributed by atoms with Gasteiger partial charge in [-0.2, -0.15) is 5.26 Å². The molecule has 0 spiro atoms. The lowest BCUT2D eigenvalue weighted by molar-refractivity contribution is -0.116. The van der Waals surface area contributed by atoms with Gasteiger partial charge in [-0.25, -0.2) is 4.39 Å². The Bertz CT molecular complexity index is 690. The Morgan fingerprint density at radius 3 is 2.29 bits per heavy atom. The van der Waals surface area contributed by atoms with Gasteiger partial charge in [0, 0.05) is 5.69 Å². The van der Waals surface area contributed by atoms with E-state index in [1.54, 1.807) is 30.3 Å². The SMILES string of the molecule is N#CC(C(=O)Nc1cc(Cl)c(F)c(Cl)c1)c1ccccc1. The number of nitrogens with zero attached hydrogens (tertiary/aromatic N) is 1. The number of hydrogen-bond acceptors (Lipinski definition) is 2. The van der Waals surface area contributed by atoms with Crippen LogP contribution in [0, 0.1) is 17.1 Å². The van der Waals surface area contributed by atoms with Crippen molar-refractivity contribution >= 4 is 34.8 Å². The Labute approximate surface area is 130 Å². The van der Waals surface area contributed by atoms with Crippen LogP contribution >= 0.6 is 23.2 Å². The molecule has 0 aliphatic carbocycles. The molecule has 0 saturated carbocycles. The molecule has 106 valence electrons. The fourth-order valence-corrected chi connectivity index (χ4v) is 2.26. The van der Waals surface area contributed by atoms with Gasteiger partial charge >= 0.3 is 0 Å². The molecule has 6 heteroatoms. The summed E-state index contributed by atoms with van der Waals surface area (Å²) in [5, 5.41) is 11.3. The molecule has 2 aromatic rings. The number of amides is 1. The lowest BCUT2D eigenvalue weighted by Gasteiger charge is -2.11. The summed E-state index contributed by atoms with van der Waals surface area (Å²) < 4.78 is 13.3. The second kappa shape index (κ2) is 6.57. The van der Waals surface area contributed by atoms with Crippen molar-refractivity contribution in [2.75, 3.05) is 5.32 Å². The van der Waals surface area contributed by atoms with Crippen molar-refractivity contribution in [3.05, 3.63) is 63.9 Å². The van der Waals surface area contributed by atoms with Crippen LogP contribution in [-0.2, 0) is 4.79 Å². The first-order valence-electron chi connectivity index (χ1n) is 5.93. The van der Waals surface area contributed by atoms with Crippen molar-refractivity contribution in [3.8, 4) is 6.07 Å². The van der Waals surface area contributed by atoms with E-state index in [0.29, 0.717) is 5.56 Å². The minimum Gasteiger partial charge on any atom is -0.325 e. The second-order valence-electron chi connectivity index (χ2n) is 4.22. The number of nitrogens with one attached hydrogen (secondary N) is 1. The molecule has 2 aromatic carbocycles. The molecule has 21 heavy (non-hydrogen) atoms. The van der Waals surface area contributed by atoms with Gasteiger partial charge in [0.15, 0.2) is 11.7 Å². The summed E-state index contributed by atoms with van der Waals surface area (Å²) in [6, 6.07) is 13.0. The highest BCUT2D eigenvalue weighted by Crippen LogP contribution is 2.28. The smallest absolute Gasteiger partial charge is 0.246 e. The Morgan fingerprint density at radius 2 is 1.76 bits per heavy atom. The van der Waals surface area contributed by atoms with Crippen LogP contribution in [0.5, 0.6) is 0 Å². The number of anilines is 1. The molecule has 0 aromatic heterocycles. The number of benzene rings is 2. The first-order chi connectivity index (χ1) is 10.0. The van der Waals surface area contributed by atoms with Crippen LogP contribution < -0.4 is 5.32 Å². The van der Waals surface area contributed by atoms with Crippen molar-refractivity contribution < 1.29 is 9.18 Å². The molecular weight excluding hydrogens is 314 g/mol. The monoisotopic (exact) mass is 322 g/mol. The van der Waals surface area contributed by atoms with Crippen LogP contribution in [0.15, 0.2) is 42.5 Å². The van der Waals surface area contributed by atoms with E-state index in [0.717, 1.165) is 0 Å². The molecule has 1 amide bonds. The zero-order chi connectivity index (χ0) is 15.4. The van der Waals surface area contributed by atoms with Crippen molar-refractivity contribution in [2.24, 2.45) is 0 Å². The molecule has 1 atom stereocenters. The molecule has 0 radical (unpaired) electrons. The fraction of sp³-hybridized carbons (Fsp3) is 0.0667. The third-order valence-electron chi connectivity index (χ3n) is 2.78. The highest BCUT2D eigenvalue weighted by atomic mass is 35.5. The molecule has 1 N–H and O–H groups in total. The van der Waals surface area contributed by atoms with E-state index in [1.165, 1.54) is 12.1 Å². The Balaban J connectivity index is 2.23. The molecule has 0 saturated heterocycles. The third-order valence-corrected chi connectivity index (χ3v) is 3.33. The van der Waals surface area contributed by atoms with Crippen molar-refractivity contribution in [3.63, 3.8) is 0 Å². The maximum atomic E-state index is 13.3. The fourth-order valence-electron chi connectivity index (χ4n) is 1.77. The normalized spacial score (nSPS) is 11.5. The first-order valence-corrected chi connectivity index (χ1v) is 6.68. The number of carbonyl (C=O) groups is 1. The van der Waals surface area contributed by atoms with Crippen LogP contribution in [0.1, 0.15) is 11.5 Å². The topological polar surface area (TPSA) is 52.9 Å². The predicted octanol–water partition coefficient (Wildman–Crippen LogP) is 4.38. The zero-order valence-corrected chi connectivity index (χ0v) is 12.1. The summed E-state index contributed by atoms with van der Waals surface area (Å²) in [6.45, 7) is 0. The predicted molar refractivity (Wildman–Crippen MR) is 79.8 cm³/mol. The molecule has 0 heterocycles. The number of carbonyl (C=O) groups excluding carboxylic acids is 1. The number of halogens is 3. The number of rotatable bonds is 3. The van der Waals surface area contributed by atoms with Gasteiger partial charge < -0.3 is 5.32 Å². The quantitative estimate of drug-likeness (QED) is 0.852. The summed E-state index contributed by atoms with van der Waals surface area (Å²) >= 11 is 11.3. The molecule has 0 aliphatic rings. The summed E-state index contributed by atoms with van der Waals surface area (Å²) in [7, 11) is 0. The lowest BCUT2D eigenvalue weighted by Crippen LogP contribution is -2.20. The summed E-state index contributed by atoms with van der Waals surface area (Å²) in [4.78, 5) is 12.1. The molecular formula is C15H9Cl2FN2O. The highest BCUT2D eigenvalue weighted by molar-refractivity contribution is 6.35. The van der Waals surface area contributed by atoms with Gasteiger partial charge in [-0.1, -0.05) is 53.5 Å². The maximum Gasteiger partial charge on any atom is 0.246 e. The van der Waals surface area contributed by atoms with Gasteiger partial charge in [0.2, 0.25) is 5.91 Å². The van der Waals surface area contributed by atoms with E-state index in [9.17, 15) is 9.18 Å². The van der Waals surface area contributed by atoms with E-state index in [1.807, 2.05) is 6.07 Å². The lowest BCUT2D eigenvalue weighted by atomic mass is 10.00. The van der Waals surface area contributed by atoms with Crippen LogP contribution in [0.25, 0.3) is 0 Å². The van der Waals surface area contributed by atoms with E-state index < -0.39 is 17.6 Å². The third kappa shape index (κ3) is 3.52. The largest absolute Gasteiger partial charge is 0.325 e. The minimum absolute atomic E-state index is 0.203. The summed E-state index contributed by atoms with van der Waals surface area (Å²) in [5.74, 6) is -2.27. The van der Waals surface area contributed by atoms with Gasteiger partial charge in [0.1, 0.15) is 0 Å². The Hall–Kier alpha value is -2.09. The molecule has 2 rings (SSSR count). The van der Waals surface area contributed by atoms with E-state index in [4.69, 9.17) is 28.5 Å². The number of nitriles is 1. The van der Waals surface area contributed by atoms with Gasteiger partial charge in [-0.3, -0.25) is 4.79 Å². The number of hydrogen-bond donors (Lipinski definition) is 1. The maximum absolute atomic E-state index is 13.3. The minimum atomic E-state index is -0.978. The van der Waals surface area contributed by atoms with Crippen molar-refractivity contribution in [1.82, 2.24) is 0 Å². The Kier molecular flexibility index (Phi) is 4.79. The molecule has 0 bridgehead atoms. The van der Waals surface area contributed by atoms with E-state index in [2.05, 4.69) is 5.32 Å². The second-order valence-corrected chi connectivity index (χ2v) is 5.03. The van der Waals surface area contributed by atoms with Gasteiger partial charge in [0.25, 0.3) is 0 Å². The first kappa shape index (κ1) is 15.3. The Morgan fingerprint density at radius 1 is 1.19 bits per heavy atom. The van der Waals surface area contributed by atoms with Gasteiger partial charge in [0.05, 0.1) is 16.1 Å². The molecule has 3 nitrogen and oxygen atoms in total. The standard InChI is InChI=1S/C15H9Cl2FN2O/c16-12-6-10(7-13(17)14(12)18)20-15(21)11(8-19)9-4-2-1-3-5-9/h1-7,11H,(H,20,21). The summed E-state index contributed by atoms with van der Waals surface area (Å²) in [6.07, 6.45) is 0. The van der Waals surface area contributed by atoms with Crippen LogP contribution in [0.4, 0.5) is 10.1 Å². The van der Waals surface area contributed by atoms with Gasteiger partial charge in [-0.05, 0) is 17.7 Å². The van der Waals surface area contributed by atoms with Crippen LogP contribution in [-0.4, -0.2) is 5.91 Å².